The van der Waals surface area contributed by atoms with Crippen molar-refractivity contribution in [1.29, 1.82) is 0 Å². The zero-order chi connectivity index (χ0) is 16.8. The smallest absolute Gasteiger partial charge is 0.124 e. The lowest BCUT2D eigenvalue weighted by molar-refractivity contribution is 0.470. The predicted molar refractivity (Wildman–Crippen MR) is 116 cm³/mol. The molecule has 0 unspecified atom stereocenters. The normalized spacial score (nSPS) is 10.8. The summed E-state index contributed by atoms with van der Waals surface area (Å²) in [4.78, 5) is 0. The second kappa shape index (κ2) is 6.90. The summed E-state index contributed by atoms with van der Waals surface area (Å²) in [6.45, 7) is 0. The molecule has 2 N–H and O–H groups in total. The minimum Gasteiger partial charge on any atom is -0.507 e. The highest BCUT2D eigenvalue weighted by Crippen LogP contribution is 2.45. The van der Waals surface area contributed by atoms with Crippen LogP contribution in [0.25, 0.3) is 32.7 Å². The van der Waals surface area contributed by atoms with E-state index in [0.29, 0.717) is 11.1 Å². The molecule has 0 saturated carbocycles. The molecule has 126 valence electrons. The number of rotatable bonds is 1. The van der Waals surface area contributed by atoms with Crippen molar-refractivity contribution in [3.63, 3.8) is 0 Å². The summed E-state index contributed by atoms with van der Waals surface area (Å²) in [7, 11) is 0. The summed E-state index contributed by atoms with van der Waals surface area (Å²) in [5.74, 6) is 0.297. The number of benzene rings is 4. The van der Waals surface area contributed by atoms with E-state index in [0.717, 1.165) is 30.5 Å². The fraction of sp³-hybridized carbons (Fsp3) is 0. The van der Waals surface area contributed by atoms with Crippen molar-refractivity contribution < 1.29 is 10.2 Å². The summed E-state index contributed by atoms with van der Waals surface area (Å²) >= 11 is 6.95. The number of phenols is 2. The predicted octanol–water partition coefficient (Wildman–Crippen LogP) is 6.71. The van der Waals surface area contributed by atoms with Gasteiger partial charge in [-0.15, -0.1) is 0 Å². The van der Waals surface area contributed by atoms with Crippen LogP contribution < -0.4 is 0 Å². The lowest BCUT2D eigenvalue weighted by Crippen LogP contribution is -1.87. The molecule has 0 atom stereocenters. The minimum atomic E-state index is 0. The summed E-state index contributed by atoms with van der Waals surface area (Å²) in [6, 6.07) is 18.8. The number of hydrogen-bond donors (Lipinski definition) is 2. The maximum absolute atomic E-state index is 10.5. The van der Waals surface area contributed by atoms with Crippen molar-refractivity contribution in [1.82, 2.24) is 0 Å². The van der Waals surface area contributed by atoms with Gasteiger partial charge in [0, 0.05) is 20.1 Å². The SMILES string of the molecule is Oc1ccc2cc(Br)ccc2c1-c1c(O)ccc2cc(Br)ccc12.S. The number of fused-ring (bicyclic) bond motifs is 2. The van der Waals surface area contributed by atoms with E-state index in [1.165, 1.54) is 0 Å². The van der Waals surface area contributed by atoms with Gasteiger partial charge in [0.15, 0.2) is 0 Å². The number of hydrogen-bond acceptors (Lipinski definition) is 2. The highest BCUT2D eigenvalue weighted by molar-refractivity contribution is 9.10. The van der Waals surface area contributed by atoms with Crippen molar-refractivity contribution in [3.05, 3.63) is 69.6 Å². The highest BCUT2D eigenvalue weighted by Gasteiger charge is 2.16. The molecule has 0 spiro atoms. The standard InChI is InChI=1S/C20H12Br2O2.H2S/c21-13-3-5-15-11(9-13)1-7-17(23)19(15)20-16-6-4-14(22)10-12(16)2-8-18(20)24;/h1-10,23-24H;1H2. The molecule has 0 aliphatic carbocycles. The van der Waals surface area contributed by atoms with Crippen LogP contribution in [0.15, 0.2) is 69.6 Å². The molecule has 0 heterocycles. The maximum atomic E-state index is 10.5. The van der Waals surface area contributed by atoms with Crippen molar-refractivity contribution in [2.45, 2.75) is 0 Å². The molecule has 0 fully saturated rings. The minimum absolute atomic E-state index is 0. The van der Waals surface area contributed by atoms with Crippen LogP contribution in [0.4, 0.5) is 0 Å². The molecular formula is C20H14Br2O2S. The van der Waals surface area contributed by atoms with E-state index in [4.69, 9.17) is 0 Å². The van der Waals surface area contributed by atoms with E-state index in [1.54, 1.807) is 12.1 Å². The van der Waals surface area contributed by atoms with Gasteiger partial charge in [-0.2, -0.15) is 13.5 Å². The van der Waals surface area contributed by atoms with E-state index in [1.807, 2.05) is 48.5 Å². The Labute approximate surface area is 168 Å². The van der Waals surface area contributed by atoms with Gasteiger partial charge in [0.1, 0.15) is 11.5 Å². The van der Waals surface area contributed by atoms with E-state index in [9.17, 15) is 10.2 Å². The van der Waals surface area contributed by atoms with Gasteiger partial charge < -0.3 is 10.2 Å². The van der Waals surface area contributed by atoms with Gasteiger partial charge in [0.2, 0.25) is 0 Å². The Kier molecular flexibility index (Phi) is 5.00. The molecule has 25 heavy (non-hydrogen) atoms. The van der Waals surface area contributed by atoms with Crippen molar-refractivity contribution in [2.75, 3.05) is 0 Å². The average molecular weight is 478 g/mol. The second-order valence-corrected chi connectivity index (χ2v) is 7.48. The first-order chi connectivity index (χ1) is 11.5. The lowest BCUT2D eigenvalue weighted by Gasteiger charge is -2.14. The van der Waals surface area contributed by atoms with Crippen LogP contribution in [0.1, 0.15) is 0 Å². The zero-order valence-corrected chi connectivity index (χ0v) is 17.1. The van der Waals surface area contributed by atoms with Crippen molar-refractivity contribution in [2.24, 2.45) is 0 Å². The lowest BCUT2D eigenvalue weighted by atomic mass is 9.92. The molecule has 4 aromatic carbocycles. The fourth-order valence-corrected chi connectivity index (χ4v) is 3.86. The van der Waals surface area contributed by atoms with Crippen LogP contribution in [0.3, 0.4) is 0 Å². The summed E-state index contributed by atoms with van der Waals surface area (Å²) in [5.41, 5.74) is 1.29. The van der Waals surface area contributed by atoms with Gasteiger partial charge in [0.05, 0.1) is 0 Å². The topological polar surface area (TPSA) is 40.5 Å². The summed E-state index contributed by atoms with van der Waals surface area (Å²) in [6.07, 6.45) is 0. The molecule has 4 rings (SSSR count). The zero-order valence-electron chi connectivity index (χ0n) is 12.9. The summed E-state index contributed by atoms with van der Waals surface area (Å²) in [5, 5.41) is 24.8. The molecule has 4 aromatic rings. The first-order valence-corrected chi connectivity index (χ1v) is 8.96. The van der Waals surface area contributed by atoms with Crippen molar-refractivity contribution >= 4 is 66.9 Å². The van der Waals surface area contributed by atoms with Crippen LogP contribution in [0.2, 0.25) is 0 Å². The first-order valence-electron chi connectivity index (χ1n) is 7.37. The van der Waals surface area contributed by atoms with E-state index >= 15 is 0 Å². The van der Waals surface area contributed by atoms with Gasteiger partial charge in [-0.25, -0.2) is 0 Å². The van der Waals surface area contributed by atoms with Crippen LogP contribution in [0, 0.1) is 0 Å². The Morgan fingerprint density at radius 2 is 0.960 bits per heavy atom. The van der Waals surface area contributed by atoms with Gasteiger partial charge >= 0.3 is 0 Å². The van der Waals surface area contributed by atoms with Gasteiger partial charge in [-0.3, -0.25) is 0 Å². The van der Waals surface area contributed by atoms with Crippen molar-refractivity contribution in [3.8, 4) is 22.6 Å². The number of aromatic hydroxyl groups is 2. The molecule has 0 saturated heterocycles. The molecular weight excluding hydrogens is 464 g/mol. The molecule has 0 aromatic heterocycles. The van der Waals surface area contributed by atoms with Gasteiger partial charge in [-0.05, 0) is 57.9 Å². The van der Waals surface area contributed by atoms with Crippen LogP contribution in [-0.2, 0) is 0 Å². The van der Waals surface area contributed by atoms with Crippen LogP contribution >= 0.6 is 45.4 Å². The summed E-state index contributed by atoms with van der Waals surface area (Å²) < 4.78 is 1.94. The van der Waals surface area contributed by atoms with E-state index in [2.05, 4.69) is 31.9 Å². The molecule has 0 aliphatic rings. The van der Waals surface area contributed by atoms with Gasteiger partial charge in [0.25, 0.3) is 0 Å². The Morgan fingerprint density at radius 3 is 1.36 bits per heavy atom. The largest absolute Gasteiger partial charge is 0.507 e. The number of phenolic OH excluding ortho intramolecular Hbond substituents is 2. The molecule has 0 amide bonds. The maximum Gasteiger partial charge on any atom is 0.124 e. The first kappa shape index (κ1) is 18.1. The van der Waals surface area contributed by atoms with Crippen LogP contribution in [0.5, 0.6) is 11.5 Å². The Balaban J connectivity index is 0.00000182. The van der Waals surface area contributed by atoms with E-state index < -0.39 is 0 Å². The molecule has 0 aliphatic heterocycles. The Bertz CT molecular complexity index is 1020. The third kappa shape index (κ3) is 3.12. The molecule has 5 heteroatoms. The Morgan fingerprint density at radius 1 is 0.560 bits per heavy atom. The third-order valence-corrected chi connectivity index (χ3v) is 5.16. The van der Waals surface area contributed by atoms with Crippen LogP contribution in [-0.4, -0.2) is 10.2 Å². The van der Waals surface area contributed by atoms with E-state index in [-0.39, 0.29) is 25.0 Å². The molecule has 2 nitrogen and oxygen atoms in total. The quantitative estimate of drug-likeness (QED) is 0.320. The molecule has 0 bridgehead atoms. The monoisotopic (exact) mass is 476 g/mol. The highest BCUT2D eigenvalue weighted by atomic mass is 79.9. The number of halogens is 2. The van der Waals surface area contributed by atoms with Gasteiger partial charge in [-0.1, -0.05) is 56.1 Å². The third-order valence-electron chi connectivity index (χ3n) is 4.17. The second-order valence-electron chi connectivity index (χ2n) is 5.65. The average Bonchev–Trinajstić information content (AvgIpc) is 2.56. The Hall–Kier alpha value is -1.69. The fourth-order valence-electron chi connectivity index (χ4n) is 3.10. The molecule has 0 radical (unpaired) electrons.